The third kappa shape index (κ3) is 4.81. The minimum absolute atomic E-state index is 0.357. The van der Waals surface area contributed by atoms with Crippen LogP contribution in [-0.4, -0.2) is 18.5 Å². The van der Waals surface area contributed by atoms with E-state index in [-0.39, 0.29) is 5.54 Å². The molecule has 0 amide bonds. The average Bonchev–Trinajstić information content (AvgIpc) is 3.52. The van der Waals surface area contributed by atoms with Crippen LogP contribution in [0.25, 0.3) is 55.2 Å². The molecule has 0 saturated carbocycles. The van der Waals surface area contributed by atoms with Crippen LogP contribution >= 0.6 is 12.6 Å². The van der Waals surface area contributed by atoms with Crippen LogP contribution in [0, 0.1) is 0 Å². The lowest BCUT2D eigenvalue weighted by Crippen LogP contribution is -2.49. The monoisotopic (exact) mass is 642 g/mol. The predicted molar refractivity (Wildman–Crippen MR) is 208 cm³/mol. The number of aliphatic imine (C=N–C) groups is 1. The molecule has 4 heteroatoms. The van der Waals surface area contributed by atoms with Gasteiger partial charge in [-0.1, -0.05) is 122 Å². The van der Waals surface area contributed by atoms with Crippen molar-refractivity contribution in [1.82, 2.24) is 4.57 Å². The molecule has 0 fully saturated rings. The zero-order chi connectivity index (χ0) is 32.5. The van der Waals surface area contributed by atoms with Gasteiger partial charge in [0.15, 0.2) is 0 Å². The molecule has 7 aromatic rings. The number of aromatic nitrogens is 1. The summed E-state index contributed by atoms with van der Waals surface area (Å²) in [5.41, 5.74) is 10.9. The fraction of sp³-hybridized carbons (Fsp3) is 0.140. The molecule has 230 valence electrons. The van der Waals surface area contributed by atoms with Crippen molar-refractivity contribution < 1.29 is 0 Å². The molecular formula is C43H38N2SSi. The summed E-state index contributed by atoms with van der Waals surface area (Å²) in [6, 6.07) is 48.7. The van der Waals surface area contributed by atoms with Crippen LogP contribution in [0.2, 0.25) is 13.1 Å². The van der Waals surface area contributed by atoms with Gasteiger partial charge >= 0.3 is 0 Å². The van der Waals surface area contributed by atoms with E-state index >= 15 is 0 Å². The molecule has 1 aliphatic rings. The van der Waals surface area contributed by atoms with Gasteiger partial charge in [-0.05, 0) is 94.4 Å². The first-order valence-electron chi connectivity index (χ1n) is 16.4. The lowest BCUT2D eigenvalue weighted by molar-refractivity contribution is 0.555. The molecule has 6 aromatic carbocycles. The number of fused-ring (bicyclic) bond motifs is 6. The van der Waals surface area contributed by atoms with Crippen molar-refractivity contribution >= 4 is 58.7 Å². The van der Waals surface area contributed by atoms with Crippen LogP contribution in [-0.2, 0) is 5.54 Å². The van der Waals surface area contributed by atoms with Gasteiger partial charge < -0.3 is 0 Å². The van der Waals surface area contributed by atoms with Gasteiger partial charge in [-0.3, -0.25) is 9.56 Å². The van der Waals surface area contributed by atoms with Gasteiger partial charge in [-0.15, -0.1) is 12.6 Å². The Hall–Kier alpha value is -4.64. The predicted octanol–water partition coefficient (Wildman–Crippen LogP) is 10.4. The molecule has 0 aliphatic carbocycles. The van der Waals surface area contributed by atoms with E-state index in [4.69, 9.17) is 17.6 Å². The van der Waals surface area contributed by atoms with E-state index in [1.807, 2.05) is 6.07 Å². The highest BCUT2D eigenvalue weighted by atomic mass is 32.1. The Morgan fingerprint density at radius 1 is 0.596 bits per heavy atom. The van der Waals surface area contributed by atoms with Crippen molar-refractivity contribution in [2.75, 3.05) is 0 Å². The van der Waals surface area contributed by atoms with Crippen molar-refractivity contribution in [1.29, 1.82) is 0 Å². The number of benzene rings is 6. The normalized spacial score (nSPS) is 14.0. The number of hydrogen-bond acceptors (Lipinski definition) is 2. The first-order chi connectivity index (χ1) is 22.6. The smallest absolute Gasteiger partial charge is 0.113 e. The largest absolute Gasteiger partial charge is 0.298 e. The van der Waals surface area contributed by atoms with Gasteiger partial charge in [0, 0.05) is 15.7 Å². The maximum absolute atomic E-state index is 5.35. The standard InChI is InChI=1S/C43H38N2SSi/c1-28(44-43(2,3)32-16-7-6-8-17-32)45-38-20-11-9-19-34(38)36-27-42-37(26-39(36)45)35-23-22-30(25-41(35)47(42,4)5)29-14-13-15-31(24-29)33-18-10-12-21-40(33)46/h6-27,46H,1-5H3/b44-28+. The topological polar surface area (TPSA) is 17.3 Å². The number of para-hydroxylation sites is 1. The summed E-state index contributed by atoms with van der Waals surface area (Å²) in [6.45, 7) is 11.6. The van der Waals surface area contributed by atoms with Gasteiger partial charge in [0.2, 0.25) is 0 Å². The van der Waals surface area contributed by atoms with E-state index in [0.29, 0.717) is 0 Å². The number of thiol groups is 1. The molecular weight excluding hydrogens is 605 g/mol. The zero-order valence-electron chi connectivity index (χ0n) is 27.5. The highest BCUT2D eigenvalue weighted by Crippen LogP contribution is 2.38. The molecule has 2 heterocycles. The average molecular weight is 643 g/mol. The third-order valence-electron chi connectivity index (χ3n) is 10.1. The molecule has 0 spiro atoms. The summed E-state index contributed by atoms with van der Waals surface area (Å²) in [4.78, 5) is 6.35. The Bertz CT molecular complexity index is 2380. The minimum Gasteiger partial charge on any atom is -0.298 e. The summed E-state index contributed by atoms with van der Waals surface area (Å²) in [6.07, 6.45) is 0. The van der Waals surface area contributed by atoms with Crippen molar-refractivity contribution in [3.63, 3.8) is 0 Å². The second kappa shape index (κ2) is 11.0. The molecule has 0 saturated heterocycles. The maximum atomic E-state index is 5.35. The second-order valence-electron chi connectivity index (χ2n) is 13.8. The van der Waals surface area contributed by atoms with Crippen molar-refractivity contribution in [3.05, 3.63) is 139 Å². The highest BCUT2D eigenvalue weighted by Gasteiger charge is 2.38. The van der Waals surface area contributed by atoms with Crippen molar-refractivity contribution in [2.24, 2.45) is 4.99 Å². The first-order valence-corrected chi connectivity index (χ1v) is 19.8. The SMILES string of the molecule is C/C(=N\C(C)(C)c1ccccc1)n1c2ccccc2c2cc3c(cc21)-c1ccc(-c2cccc(-c4ccccc4S)c2)cc1[Si]3(C)C. The molecule has 47 heavy (non-hydrogen) atoms. The van der Waals surface area contributed by atoms with Crippen LogP contribution in [0.3, 0.4) is 0 Å². The van der Waals surface area contributed by atoms with Crippen LogP contribution < -0.4 is 10.4 Å². The van der Waals surface area contributed by atoms with Crippen LogP contribution in [0.5, 0.6) is 0 Å². The summed E-state index contributed by atoms with van der Waals surface area (Å²) in [5.74, 6) is 0.998. The first kappa shape index (κ1) is 29.7. The molecule has 0 bridgehead atoms. The molecule has 0 radical (unpaired) electrons. The van der Waals surface area contributed by atoms with Crippen LogP contribution in [0.15, 0.2) is 143 Å². The lowest BCUT2D eigenvalue weighted by atomic mass is 9.95. The van der Waals surface area contributed by atoms with Gasteiger partial charge in [-0.2, -0.15) is 0 Å². The van der Waals surface area contributed by atoms with Crippen LogP contribution in [0.4, 0.5) is 0 Å². The second-order valence-corrected chi connectivity index (χ2v) is 18.6. The number of rotatable bonds is 4. The number of nitrogens with zero attached hydrogens (tertiary/aromatic N) is 2. The fourth-order valence-corrected chi connectivity index (χ4v) is 11.0. The molecule has 0 N–H and O–H groups in total. The van der Waals surface area contributed by atoms with E-state index < -0.39 is 8.07 Å². The summed E-state index contributed by atoms with van der Waals surface area (Å²) < 4.78 is 2.38. The number of hydrogen-bond donors (Lipinski definition) is 1. The highest BCUT2D eigenvalue weighted by molar-refractivity contribution is 7.80. The fourth-order valence-electron chi connectivity index (χ4n) is 7.67. The van der Waals surface area contributed by atoms with Gasteiger partial charge in [0.1, 0.15) is 13.9 Å². The maximum Gasteiger partial charge on any atom is 0.113 e. The Labute approximate surface area is 283 Å². The van der Waals surface area contributed by atoms with E-state index in [1.54, 1.807) is 0 Å². The molecule has 8 rings (SSSR count). The van der Waals surface area contributed by atoms with Crippen molar-refractivity contribution in [3.8, 4) is 33.4 Å². The van der Waals surface area contributed by atoms with E-state index in [1.165, 1.54) is 65.6 Å². The van der Waals surface area contributed by atoms with Crippen molar-refractivity contribution in [2.45, 2.75) is 44.3 Å². The Morgan fingerprint density at radius 2 is 1.28 bits per heavy atom. The summed E-state index contributed by atoms with van der Waals surface area (Å²) in [5, 5.41) is 5.60. The third-order valence-corrected chi connectivity index (χ3v) is 14.0. The zero-order valence-corrected chi connectivity index (χ0v) is 29.4. The Morgan fingerprint density at radius 3 is 2.09 bits per heavy atom. The summed E-state index contributed by atoms with van der Waals surface area (Å²) >= 11 is 4.73. The van der Waals surface area contributed by atoms with Gasteiger partial charge in [-0.25, -0.2) is 0 Å². The van der Waals surface area contributed by atoms with Gasteiger partial charge in [0.05, 0.1) is 16.6 Å². The molecule has 1 aliphatic heterocycles. The lowest BCUT2D eigenvalue weighted by Gasteiger charge is -2.22. The molecule has 2 nitrogen and oxygen atoms in total. The van der Waals surface area contributed by atoms with E-state index in [9.17, 15) is 0 Å². The van der Waals surface area contributed by atoms with Gasteiger partial charge in [0.25, 0.3) is 0 Å². The minimum atomic E-state index is -1.99. The quantitative estimate of drug-likeness (QED) is 0.0852. The van der Waals surface area contributed by atoms with E-state index in [0.717, 1.165) is 16.3 Å². The summed E-state index contributed by atoms with van der Waals surface area (Å²) in [7, 11) is -1.99. The van der Waals surface area contributed by atoms with Crippen LogP contribution in [0.1, 0.15) is 26.3 Å². The molecule has 0 unspecified atom stereocenters. The molecule has 1 aromatic heterocycles. The Kier molecular flexibility index (Phi) is 6.94. The van der Waals surface area contributed by atoms with E-state index in [2.05, 4.69) is 166 Å². The Balaban J connectivity index is 1.28. The molecule has 0 atom stereocenters.